The minimum atomic E-state index is -3.00. The summed E-state index contributed by atoms with van der Waals surface area (Å²) >= 11 is 18.9. The van der Waals surface area contributed by atoms with Crippen LogP contribution in [-0.4, -0.2) is 33.1 Å². The van der Waals surface area contributed by atoms with E-state index in [2.05, 4.69) is 20.3 Å². The van der Waals surface area contributed by atoms with Gasteiger partial charge in [-0.1, -0.05) is 46.6 Å². The maximum atomic E-state index is 12.3. The van der Waals surface area contributed by atoms with Crippen molar-refractivity contribution in [1.29, 1.82) is 0 Å². The molecule has 7 nitrogen and oxygen atoms in total. The van der Waals surface area contributed by atoms with Crippen molar-refractivity contribution in [3.05, 3.63) is 51.5 Å². The monoisotopic (exact) mass is 493 g/mol. The first-order valence-electron chi connectivity index (χ1n) is 8.07. The van der Waals surface area contributed by atoms with Crippen LogP contribution in [0.25, 0.3) is 11.4 Å². The summed E-state index contributed by atoms with van der Waals surface area (Å²) in [6.07, 6.45) is 0. The quantitative estimate of drug-likeness (QED) is 0.356. The molecule has 0 aliphatic rings. The number of anilines is 1. The molecule has 0 unspecified atom stereocenters. The van der Waals surface area contributed by atoms with Crippen LogP contribution >= 0.6 is 46.6 Å². The lowest BCUT2D eigenvalue weighted by Crippen LogP contribution is -2.16. The molecule has 0 bridgehead atoms. The van der Waals surface area contributed by atoms with Crippen LogP contribution in [0.1, 0.15) is 0 Å². The Morgan fingerprint density at radius 3 is 2.60 bits per heavy atom. The Hall–Kier alpha value is -2.27. The zero-order valence-corrected chi connectivity index (χ0v) is 17.9. The summed E-state index contributed by atoms with van der Waals surface area (Å²) in [6.45, 7) is -3.00. The van der Waals surface area contributed by atoms with Gasteiger partial charge in [-0.15, -0.1) is 10.2 Å². The summed E-state index contributed by atoms with van der Waals surface area (Å²) in [5.41, 5.74) is 0.850. The summed E-state index contributed by atoms with van der Waals surface area (Å²) in [6, 6.07) is 8.77. The first-order chi connectivity index (χ1) is 14.2. The van der Waals surface area contributed by atoms with Crippen molar-refractivity contribution >= 4 is 58.2 Å². The van der Waals surface area contributed by atoms with Crippen LogP contribution in [0.5, 0.6) is 5.75 Å². The molecule has 0 fully saturated rings. The molecule has 1 amide bonds. The number of nitrogens with zero attached hydrogens (tertiary/aromatic N) is 3. The third kappa shape index (κ3) is 5.45. The molecule has 0 aliphatic heterocycles. The van der Waals surface area contributed by atoms with Crippen molar-refractivity contribution in [2.24, 2.45) is 0 Å². The number of amides is 1. The number of rotatable bonds is 7. The lowest BCUT2D eigenvalue weighted by atomic mass is 10.2. The molecular weight excluding hydrogens is 483 g/mol. The first kappa shape index (κ1) is 22.4. The Kier molecular flexibility index (Phi) is 7.24. The fourth-order valence-corrected chi connectivity index (χ4v) is 3.70. The lowest BCUT2D eigenvalue weighted by Gasteiger charge is -2.09. The Labute approximate surface area is 188 Å². The molecule has 30 heavy (non-hydrogen) atoms. The van der Waals surface area contributed by atoms with Crippen molar-refractivity contribution in [2.45, 2.75) is 11.8 Å². The minimum absolute atomic E-state index is 0.0451. The van der Waals surface area contributed by atoms with E-state index in [1.165, 1.54) is 22.9 Å². The Bertz CT molecular complexity index is 1080. The Morgan fingerprint density at radius 1 is 1.17 bits per heavy atom. The highest BCUT2D eigenvalue weighted by Gasteiger charge is 2.17. The van der Waals surface area contributed by atoms with Crippen LogP contribution in [0.2, 0.25) is 15.1 Å². The van der Waals surface area contributed by atoms with E-state index in [0.29, 0.717) is 27.1 Å². The number of alkyl halides is 2. The predicted octanol–water partition coefficient (Wildman–Crippen LogP) is 4.95. The van der Waals surface area contributed by atoms with E-state index in [9.17, 15) is 13.6 Å². The van der Waals surface area contributed by atoms with Gasteiger partial charge >= 0.3 is 6.61 Å². The van der Waals surface area contributed by atoms with Crippen molar-refractivity contribution in [2.75, 3.05) is 16.9 Å². The normalized spacial score (nSPS) is 11.0. The van der Waals surface area contributed by atoms with Crippen LogP contribution in [-0.2, 0) is 4.79 Å². The summed E-state index contributed by atoms with van der Waals surface area (Å²) < 4.78 is 30.0. The number of nitrogen functional groups attached to an aromatic ring is 1. The van der Waals surface area contributed by atoms with E-state index in [0.717, 1.165) is 11.8 Å². The highest BCUT2D eigenvalue weighted by Crippen LogP contribution is 2.31. The number of carbonyl (C=O) groups is 1. The van der Waals surface area contributed by atoms with Crippen LogP contribution in [0.3, 0.4) is 0 Å². The molecule has 1 heterocycles. The van der Waals surface area contributed by atoms with Crippen molar-refractivity contribution < 1.29 is 18.3 Å². The average molecular weight is 495 g/mol. The SMILES string of the molecule is Nn1c(SCC(=O)Nc2ccc(OC(F)F)c(Cl)c2)nnc1-c1ccc(Cl)cc1Cl. The van der Waals surface area contributed by atoms with Crippen molar-refractivity contribution in [3.63, 3.8) is 0 Å². The number of aromatic nitrogens is 3. The molecule has 2 aromatic carbocycles. The zero-order valence-electron chi connectivity index (χ0n) is 14.8. The molecule has 13 heteroatoms. The van der Waals surface area contributed by atoms with Gasteiger partial charge in [0.25, 0.3) is 0 Å². The summed E-state index contributed by atoms with van der Waals surface area (Å²) in [7, 11) is 0. The summed E-state index contributed by atoms with van der Waals surface area (Å²) in [5.74, 6) is 5.69. The van der Waals surface area contributed by atoms with Gasteiger partial charge in [-0.2, -0.15) is 8.78 Å². The standard InChI is InChI=1S/C17H12Cl3F2N5O2S/c18-8-1-3-10(11(19)5-8)15-25-26-17(27(15)23)30-7-14(28)24-9-2-4-13(12(20)6-9)29-16(21)22/h1-6,16H,7,23H2,(H,24,28). The molecule has 0 aliphatic carbocycles. The molecule has 3 aromatic rings. The smallest absolute Gasteiger partial charge is 0.387 e. The number of hydrogen-bond donors (Lipinski definition) is 2. The molecule has 158 valence electrons. The van der Waals surface area contributed by atoms with E-state index in [4.69, 9.17) is 40.6 Å². The van der Waals surface area contributed by atoms with Crippen molar-refractivity contribution in [1.82, 2.24) is 14.9 Å². The van der Waals surface area contributed by atoms with E-state index in [1.54, 1.807) is 18.2 Å². The number of benzene rings is 2. The van der Waals surface area contributed by atoms with E-state index < -0.39 is 12.5 Å². The van der Waals surface area contributed by atoms with Gasteiger partial charge in [-0.05, 0) is 36.4 Å². The largest absolute Gasteiger partial charge is 0.433 e. The molecule has 3 N–H and O–H groups in total. The van der Waals surface area contributed by atoms with Gasteiger partial charge in [0.15, 0.2) is 5.82 Å². The number of hydrogen-bond acceptors (Lipinski definition) is 6. The van der Waals surface area contributed by atoms with Crippen LogP contribution in [0.15, 0.2) is 41.6 Å². The Morgan fingerprint density at radius 2 is 1.93 bits per heavy atom. The topological polar surface area (TPSA) is 95.1 Å². The van der Waals surface area contributed by atoms with Gasteiger partial charge in [0.05, 0.1) is 15.8 Å². The van der Waals surface area contributed by atoms with Gasteiger partial charge < -0.3 is 15.9 Å². The third-order valence-corrected chi connectivity index (χ3v) is 5.39. The fourth-order valence-electron chi connectivity index (χ4n) is 2.33. The number of carbonyl (C=O) groups excluding carboxylic acids is 1. The third-order valence-electron chi connectivity index (χ3n) is 3.60. The highest BCUT2D eigenvalue weighted by molar-refractivity contribution is 7.99. The van der Waals surface area contributed by atoms with E-state index in [1.807, 2.05) is 0 Å². The number of nitrogens with two attached hydrogens (primary N) is 1. The lowest BCUT2D eigenvalue weighted by molar-refractivity contribution is -0.113. The van der Waals surface area contributed by atoms with Gasteiger partial charge in [0, 0.05) is 16.3 Å². The van der Waals surface area contributed by atoms with Gasteiger partial charge in [0.1, 0.15) is 5.75 Å². The predicted molar refractivity (Wildman–Crippen MR) is 113 cm³/mol. The second-order valence-electron chi connectivity index (χ2n) is 5.66. The number of thioether (sulfide) groups is 1. The maximum Gasteiger partial charge on any atom is 0.387 e. The van der Waals surface area contributed by atoms with Gasteiger partial charge in [-0.25, -0.2) is 4.68 Å². The van der Waals surface area contributed by atoms with Crippen LogP contribution in [0, 0.1) is 0 Å². The summed E-state index contributed by atoms with van der Waals surface area (Å²) in [4.78, 5) is 12.2. The first-order valence-corrected chi connectivity index (χ1v) is 10.2. The second-order valence-corrected chi connectivity index (χ2v) is 7.85. The summed E-state index contributed by atoms with van der Waals surface area (Å²) in [5, 5.41) is 11.6. The highest BCUT2D eigenvalue weighted by atomic mass is 35.5. The number of ether oxygens (including phenoxy) is 1. The van der Waals surface area contributed by atoms with Crippen molar-refractivity contribution in [3.8, 4) is 17.1 Å². The number of nitrogens with one attached hydrogen (secondary N) is 1. The zero-order chi connectivity index (χ0) is 21.8. The average Bonchev–Trinajstić information content (AvgIpc) is 3.02. The Balaban J connectivity index is 1.63. The van der Waals surface area contributed by atoms with Gasteiger partial charge in [0.2, 0.25) is 11.1 Å². The molecule has 0 spiro atoms. The number of halogens is 5. The molecule has 0 saturated carbocycles. The molecule has 0 atom stereocenters. The molecule has 3 rings (SSSR count). The fraction of sp³-hybridized carbons (Fsp3) is 0.118. The van der Waals surface area contributed by atoms with Crippen LogP contribution < -0.4 is 15.9 Å². The molecule has 1 aromatic heterocycles. The second kappa shape index (κ2) is 9.69. The molecule has 0 saturated heterocycles. The van der Waals surface area contributed by atoms with Crippen LogP contribution in [0.4, 0.5) is 14.5 Å². The van der Waals surface area contributed by atoms with E-state index in [-0.39, 0.29) is 21.7 Å². The van der Waals surface area contributed by atoms with Gasteiger partial charge in [-0.3, -0.25) is 4.79 Å². The maximum absolute atomic E-state index is 12.3. The van der Waals surface area contributed by atoms with E-state index >= 15 is 0 Å². The minimum Gasteiger partial charge on any atom is -0.433 e. The molecule has 0 radical (unpaired) electrons. The molecular formula is C17H12Cl3F2N5O2S.